The normalized spacial score (nSPS) is 18.3. The van der Waals surface area contributed by atoms with Gasteiger partial charge < -0.3 is 10.6 Å². The number of aromatic nitrogens is 2. The number of rotatable bonds is 3. The molecule has 2 heterocycles. The molecule has 5 nitrogen and oxygen atoms in total. The van der Waals surface area contributed by atoms with E-state index < -0.39 is 24.2 Å². The standard InChI is InChI=1S/C20H14Cl3F3N4O/c21-11-3-1-10(2-4-11)15-8-17(20(24,25)26)30-18(28-15)9-16(29-30)19(31)27-12-5-6-13(22)14(23)7-12/h1-7,9,15,17,28H,8H2,(H,27,31)/t15-,17+/m0/s1. The van der Waals surface area contributed by atoms with Gasteiger partial charge in [-0.15, -0.1) is 0 Å². The molecule has 0 radical (unpaired) electrons. The van der Waals surface area contributed by atoms with Crippen LogP contribution >= 0.6 is 34.8 Å². The van der Waals surface area contributed by atoms with Crippen LogP contribution in [0, 0.1) is 0 Å². The van der Waals surface area contributed by atoms with Crippen LogP contribution in [-0.2, 0) is 0 Å². The largest absolute Gasteiger partial charge is 0.410 e. The molecular formula is C20H14Cl3F3N4O. The number of carbonyl (C=O) groups is 1. The zero-order valence-corrected chi connectivity index (χ0v) is 17.8. The highest BCUT2D eigenvalue weighted by atomic mass is 35.5. The number of nitrogens with one attached hydrogen (secondary N) is 2. The molecule has 0 saturated carbocycles. The lowest BCUT2D eigenvalue weighted by atomic mass is 9.97. The second kappa shape index (κ2) is 8.26. The van der Waals surface area contributed by atoms with Crippen LogP contribution in [0.5, 0.6) is 0 Å². The maximum absolute atomic E-state index is 13.8. The first-order chi connectivity index (χ1) is 14.6. The van der Waals surface area contributed by atoms with Crippen molar-refractivity contribution in [3.8, 4) is 0 Å². The Hall–Kier alpha value is -2.42. The van der Waals surface area contributed by atoms with E-state index in [1.807, 2.05) is 0 Å². The molecule has 0 saturated heterocycles. The number of fused-ring (bicyclic) bond motifs is 1. The van der Waals surface area contributed by atoms with Crippen molar-refractivity contribution in [2.45, 2.75) is 24.7 Å². The Morgan fingerprint density at radius 3 is 2.42 bits per heavy atom. The highest BCUT2D eigenvalue weighted by molar-refractivity contribution is 6.42. The lowest BCUT2D eigenvalue weighted by Gasteiger charge is -2.33. The first-order valence-electron chi connectivity index (χ1n) is 9.06. The zero-order valence-electron chi connectivity index (χ0n) is 15.6. The van der Waals surface area contributed by atoms with Crippen LogP contribution in [0.3, 0.4) is 0 Å². The zero-order chi connectivity index (χ0) is 22.3. The fourth-order valence-corrected chi connectivity index (χ4v) is 3.79. The van der Waals surface area contributed by atoms with Gasteiger partial charge in [0.05, 0.1) is 16.1 Å². The lowest BCUT2D eigenvalue weighted by Crippen LogP contribution is -2.35. The van der Waals surface area contributed by atoms with Crippen LogP contribution in [0.15, 0.2) is 48.5 Å². The van der Waals surface area contributed by atoms with Crippen molar-refractivity contribution in [1.29, 1.82) is 0 Å². The Balaban J connectivity index is 1.63. The van der Waals surface area contributed by atoms with E-state index in [0.717, 1.165) is 4.68 Å². The first-order valence-corrected chi connectivity index (χ1v) is 10.2. The molecule has 4 rings (SSSR count). The van der Waals surface area contributed by atoms with Crippen molar-refractivity contribution in [3.05, 3.63) is 74.9 Å². The lowest BCUT2D eigenvalue weighted by molar-refractivity contribution is -0.173. The molecule has 0 bridgehead atoms. The molecule has 1 aromatic heterocycles. The van der Waals surface area contributed by atoms with E-state index in [2.05, 4.69) is 15.7 Å². The van der Waals surface area contributed by atoms with E-state index in [1.165, 1.54) is 24.3 Å². The van der Waals surface area contributed by atoms with Gasteiger partial charge in [-0.1, -0.05) is 46.9 Å². The molecule has 1 aliphatic heterocycles. The Labute approximate surface area is 190 Å². The molecule has 0 aliphatic carbocycles. The molecule has 2 aromatic carbocycles. The van der Waals surface area contributed by atoms with E-state index in [1.54, 1.807) is 24.3 Å². The Morgan fingerprint density at radius 2 is 1.77 bits per heavy atom. The number of anilines is 2. The second-order valence-electron chi connectivity index (χ2n) is 6.98. The number of benzene rings is 2. The molecular weight excluding hydrogens is 476 g/mol. The van der Waals surface area contributed by atoms with Gasteiger partial charge in [-0.2, -0.15) is 18.3 Å². The SMILES string of the molecule is O=C(Nc1ccc(Cl)c(Cl)c1)c1cc2n(n1)[C@@H](C(F)(F)F)C[C@@H](c1ccc(Cl)cc1)N2. The van der Waals surface area contributed by atoms with Gasteiger partial charge in [-0.25, -0.2) is 4.68 Å². The van der Waals surface area contributed by atoms with Crippen LogP contribution in [0.25, 0.3) is 0 Å². The summed E-state index contributed by atoms with van der Waals surface area (Å²) in [5.41, 5.74) is 0.817. The minimum absolute atomic E-state index is 0.0906. The van der Waals surface area contributed by atoms with Crippen molar-refractivity contribution >= 4 is 52.2 Å². The maximum atomic E-state index is 13.8. The molecule has 3 aromatic rings. The number of hydrogen-bond acceptors (Lipinski definition) is 3. The van der Waals surface area contributed by atoms with Crippen molar-refractivity contribution < 1.29 is 18.0 Å². The summed E-state index contributed by atoms with van der Waals surface area (Å²) in [5, 5.41) is 10.5. The van der Waals surface area contributed by atoms with E-state index in [-0.39, 0.29) is 23.0 Å². The smallest absolute Gasteiger partial charge is 0.363 e. The molecule has 1 aliphatic rings. The number of alkyl halides is 3. The molecule has 1 amide bonds. The third-order valence-electron chi connectivity index (χ3n) is 4.87. The van der Waals surface area contributed by atoms with Gasteiger partial charge in [0.2, 0.25) is 0 Å². The van der Waals surface area contributed by atoms with E-state index >= 15 is 0 Å². The van der Waals surface area contributed by atoms with E-state index in [9.17, 15) is 18.0 Å². The van der Waals surface area contributed by atoms with Gasteiger partial charge in [-0.3, -0.25) is 4.79 Å². The average molecular weight is 490 g/mol. The number of nitrogens with zero attached hydrogens (tertiary/aromatic N) is 2. The first kappa shape index (κ1) is 21.8. The molecule has 2 atom stereocenters. The fraction of sp³-hybridized carbons (Fsp3) is 0.200. The van der Waals surface area contributed by atoms with Crippen LogP contribution in [0.2, 0.25) is 15.1 Å². The van der Waals surface area contributed by atoms with Gasteiger partial charge in [0.1, 0.15) is 5.82 Å². The summed E-state index contributed by atoms with van der Waals surface area (Å²) in [5.74, 6) is -0.584. The summed E-state index contributed by atoms with van der Waals surface area (Å²) in [6.45, 7) is 0. The van der Waals surface area contributed by atoms with Gasteiger partial charge in [0, 0.05) is 23.2 Å². The van der Waals surface area contributed by atoms with Crippen LogP contribution in [0.1, 0.15) is 34.6 Å². The third-order valence-corrected chi connectivity index (χ3v) is 5.86. The molecule has 0 unspecified atom stereocenters. The van der Waals surface area contributed by atoms with Crippen LogP contribution in [0.4, 0.5) is 24.7 Å². The topological polar surface area (TPSA) is 59.0 Å². The van der Waals surface area contributed by atoms with E-state index in [4.69, 9.17) is 34.8 Å². The summed E-state index contributed by atoms with van der Waals surface area (Å²) in [4.78, 5) is 12.6. The molecule has 2 N–H and O–H groups in total. The van der Waals surface area contributed by atoms with Crippen molar-refractivity contribution in [2.24, 2.45) is 0 Å². The predicted octanol–water partition coefficient (Wildman–Crippen LogP) is 6.76. The van der Waals surface area contributed by atoms with Gasteiger partial charge in [0.15, 0.2) is 11.7 Å². The molecule has 31 heavy (non-hydrogen) atoms. The van der Waals surface area contributed by atoms with Crippen molar-refractivity contribution in [2.75, 3.05) is 10.6 Å². The fourth-order valence-electron chi connectivity index (χ4n) is 3.37. The minimum atomic E-state index is -4.55. The quantitative estimate of drug-likeness (QED) is 0.427. The third kappa shape index (κ3) is 4.61. The Kier molecular flexibility index (Phi) is 5.81. The minimum Gasteiger partial charge on any atom is -0.363 e. The molecule has 0 spiro atoms. The van der Waals surface area contributed by atoms with Gasteiger partial charge in [-0.05, 0) is 35.9 Å². The van der Waals surface area contributed by atoms with Gasteiger partial charge in [0.25, 0.3) is 5.91 Å². The molecule has 0 fully saturated rings. The summed E-state index contributed by atoms with van der Waals surface area (Å²) in [6.07, 6.45) is -4.83. The predicted molar refractivity (Wildman–Crippen MR) is 114 cm³/mol. The molecule has 162 valence electrons. The van der Waals surface area contributed by atoms with Crippen molar-refractivity contribution in [1.82, 2.24) is 9.78 Å². The highest BCUT2D eigenvalue weighted by Gasteiger charge is 2.46. The Bertz CT molecular complexity index is 1130. The summed E-state index contributed by atoms with van der Waals surface area (Å²) in [7, 11) is 0. The monoisotopic (exact) mass is 488 g/mol. The van der Waals surface area contributed by atoms with Crippen molar-refractivity contribution in [3.63, 3.8) is 0 Å². The second-order valence-corrected chi connectivity index (χ2v) is 8.23. The number of halogens is 6. The maximum Gasteiger partial charge on any atom is 0.410 e. The highest BCUT2D eigenvalue weighted by Crippen LogP contribution is 2.43. The number of amides is 1. The van der Waals surface area contributed by atoms with Crippen LogP contribution in [-0.4, -0.2) is 21.9 Å². The average Bonchev–Trinajstić information content (AvgIpc) is 3.14. The van der Waals surface area contributed by atoms with Crippen LogP contribution < -0.4 is 10.6 Å². The molecule has 11 heteroatoms. The summed E-state index contributed by atoms with van der Waals surface area (Å²) < 4.78 is 42.1. The summed E-state index contributed by atoms with van der Waals surface area (Å²) in [6, 6.07) is 9.78. The van der Waals surface area contributed by atoms with Gasteiger partial charge >= 0.3 is 6.18 Å². The number of hydrogen-bond donors (Lipinski definition) is 2. The van der Waals surface area contributed by atoms with E-state index in [0.29, 0.717) is 21.3 Å². The number of carbonyl (C=O) groups excluding carboxylic acids is 1. The Morgan fingerprint density at radius 1 is 1.06 bits per heavy atom. The summed E-state index contributed by atoms with van der Waals surface area (Å²) >= 11 is 17.7.